The predicted molar refractivity (Wildman–Crippen MR) is 83.6 cm³/mol. The highest BCUT2D eigenvalue weighted by Crippen LogP contribution is 2.15. The number of aromatic nitrogens is 3. The molecule has 1 saturated heterocycles. The van der Waals surface area contributed by atoms with Gasteiger partial charge in [0.2, 0.25) is 11.9 Å². The van der Waals surface area contributed by atoms with Crippen LogP contribution < -0.4 is 10.6 Å². The summed E-state index contributed by atoms with van der Waals surface area (Å²) >= 11 is 0. The monoisotopic (exact) mass is 328 g/mol. The normalized spacial score (nSPS) is 17.0. The Kier molecular flexibility index (Phi) is 4.50. The standard InChI is InChI=1S/C15H16N6O3/c22-12(19-14-16-9-17-20-14)7-6-11-13(23)21(15(24)18-11)8-10-4-2-1-3-5-10/h1-5,9,11H,6-8H2,(H,18,24)(H2,16,17,19,20,22). The van der Waals surface area contributed by atoms with Gasteiger partial charge in [0.05, 0.1) is 6.54 Å². The number of amides is 4. The Morgan fingerprint density at radius 1 is 1.25 bits per heavy atom. The van der Waals surface area contributed by atoms with E-state index in [0.29, 0.717) is 0 Å². The lowest BCUT2D eigenvalue weighted by molar-refractivity contribution is -0.128. The molecule has 2 heterocycles. The van der Waals surface area contributed by atoms with E-state index in [1.165, 1.54) is 6.33 Å². The fourth-order valence-electron chi connectivity index (χ4n) is 2.42. The topological polar surface area (TPSA) is 120 Å². The highest BCUT2D eigenvalue weighted by atomic mass is 16.2. The van der Waals surface area contributed by atoms with Crippen LogP contribution in [0.25, 0.3) is 0 Å². The van der Waals surface area contributed by atoms with Gasteiger partial charge in [-0.3, -0.25) is 19.8 Å². The molecule has 0 aliphatic carbocycles. The SMILES string of the molecule is O=C(CCC1NC(=O)N(Cc2ccccc2)C1=O)Nc1ncn[nH]1. The summed E-state index contributed by atoms with van der Waals surface area (Å²) in [5, 5.41) is 11.3. The third-order valence-electron chi connectivity index (χ3n) is 3.62. The van der Waals surface area contributed by atoms with Crippen molar-refractivity contribution in [1.82, 2.24) is 25.4 Å². The number of nitrogens with zero attached hydrogens (tertiary/aromatic N) is 3. The van der Waals surface area contributed by atoms with E-state index < -0.39 is 12.1 Å². The maximum Gasteiger partial charge on any atom is 0.325 e. The van der Waals surface area contributed by atoms with Gasteiger partial charge in [-0.25, -0.2) is 9.89 Å². The van der Waals surface area contributed by atoms with Gasteiger partial charge in [0.1, 0.15) is 12.4 Å². The number of hydrogen-bond acceptors (Lipinski definition) is 5. The van der Waals surface area contributed by atoms with Gasteiger partial charge >= 0.3 is 6.03 Å². The first kappa shape index (κ1) is 15.7. The Morgan fingerprint density at radius 2 is 2.04 bits per heavy atom. The van der Waals surface area contributed by atoms with E-state index in [1.54, 1.807) is 0 Å². The lowest BCUT2D eigenvalue weighted by Gasteiger charge is -2.13. The molecule has 24 heavy (non-hydrogen) atoms. The number of carbonyl (C=O) groups is 3. The van der Waals surface area contributed by atoms with Gasteiger partial charge in [-0.1, -0.05) is 30.3 Å². The Labute approximate surface area is 137 Å². The van der Waals surface area contributed by atoms with Gasteiger partial charge in [0, 0.05) is 6.42 Å². The van der Waals surface area contributed by atoms with Crippen LogP contribution >= 0.6 is 0 Å². The highest BCUT2D eigenvalue weighted by Gasteiger charge is 2.37. The molecule has 1 unspecified atom stereocenters. The Balaban J connectivity index is 1.53. The number of aromatic amines is 1. The van der Waals surface area contributed by atoms with Crippen LogP contribution in [0.5, 0.6) is 0 Å². The van der Waals surface area contributed by atoms with Gasteiger partial charge in [-0.2, -0.15) is 10.1 Å². The van der Waals surface area contributed by atoms with E-state index in [9.17, 15) is 14.4 Å². The first-order valence-electron chi connectivity index (χ1n) is 7.44. The van der Waals surface area contributed by atoms with Crippen molar-refractivity contribution in [1.29, 1.82) is 0 Å². The molecule has 1 fully saturated rings. The minimum atomic E-state index is -0.693. The van der Waals surface area contributed by atoms with E-state index in [0.717, 1.165) is 10.5 Å². The van der Waals surface area contributed by atoms with E-state index in [1.807, 2.05) is 30.3 Å². The van der Waals surface area contributed by atoms with Crippen LogP contribution in [0.15, 0.2) is 36.7 Å². The molecule has 1 aliphatic heterocycles. The number of rotatable bonds is 6. The molecule has 0 saturated carbocycles. The van der Waals surface area contributed by atoms with Crippen LogP contribution in [0.4, 0.5) is 10.7 Å². The summed E-state index contributed by atoms with van der Waals surface area (Å²) in [7, 11) is 0. The Hall–Kier alpha value is -3.23. The average molecular weight is 328 g/mol. The molecular weight excluding hydrogens is 312 g/mol. The minimum absolute atomic E-state index is 0.0799. The second-order valence-corrected chi connectivity index (χ2v) is 5.33. The van der Waals surface area contributed by atoms with Crippen molar-refractivity contribution < 1.29 is 14.4 Å². The molecule has 1 aliphatic rings. The first-order chi connectivity index (χ1) is 11.6. The molecule has 2 aromatic rings. The second-order valence-electron chi connectivity index (χ2n) is 5.33. The zero-order valence-corrected chi connectivity index (χ0v) is 12.7. The fraction of sp³-hybridized carbons (Fsp3) is 0.267. The smallest absolute Gasteiger partial charge is 0.325 e. The zero-order chi connectivity index (χ0) is 16.9. The van der Waals surface area contributed by atoms with E-state index >= 15 is 0 Å². The maximum atomic E-state index is 12.3. The summed E-state index contributed by atoms with van der Waals surface area (Å²) in [4.78, 5) is 41.0. The summed E-state index contributed by atoms with van der Waals surface area (Å²) < 4.78 is 0. The Bertz CT molecular complexity index is 731. The first-order valence-corrected chi connectivity index (χ1v) is 7.44. The molecule has 1 aromatic carbocycles. The number of urea groups is 1. The van der Waals surface area contributed by atoms with Crippen LogP contribution in [0.1, 0.15) is 18.4 Å². The van der Waals surface area contributed by atoms with Crippen molar-refractivity contribution in [3.63, 3.8) is 0 Å². The van der Waals surface area contributed by atoms with E-state index in [2.05, 4.69) is 25.8 Å². The largest absolute Gasteiger partial charge is 0.326 e. The second kappa shape index (κ2) is 6.90. The van der Waals surface area contributed by atoms with Gasteiger partial charge in [0.15, 0.2) is 0 Å². The molecule has 0 radical (unpaired) electrons. The van der Waals surface area contributed by atoms with Gasteiger partial charge in [-0.15, -0.1) is 0 Å². The van der Waals surface area contributed by atoms with Gasteiger partial charge < -0.3 is 5.32 Å². The van der Waals surface area contributed by atoms with Crippen LogP contribution in [-0.4, -0.2) is 44.0 Å². The van der Waals surface area contributed by atoms with Crippen molar-refractivity contribution in [3.8, 4) is 0 Å². The van der Waals surface area contributed by atoms with E-state index in [4.69, 9.17) is 0 Å². The van der Waals surface area contributed by atoms with Crippen LogP contribution in [0.3, 0.4) is 0 Å². The van der Waals surface area contributed by atoms with Crippen LogP contribution in [0, 0.1) is 0 Å². The number of nitrogens with one attached hydrogen (secondary N) is 3. The molecule has 4 amide bonds. The summed E-state index contributed by atoms with van der Waals surface area (Å²) in [5.74, 6) is -0.390. The molecule has 0 bridgehead atoms. The van der Waals surface area contributed by atoms with Crippen LogP contribution in [-0.2, 0) is 16.1 Å². The zero-order valence-electron chi connectivity index (χ0n) is 12.7. The maximum absolute atomic E-state index is 12.3. The van der Waals surface area contributed by atoms with Crippen LogP contribution in [0.2, 0.25) is 0 Å². The van der Waals surface area contributed by atoms with Gasteiger partial charge in [-0.05, 0) is 12.0 Å². The lowest BCUT2D eigenvalue weighted by Crippen LogP contribution is -2.31. The molecular formula is C15H16N6O3. The van der Waals surface area contributed by atoms with Gasteiger partial charge in [0.25, 0.3) is 5.91 Å². The third kappa shape index (κ3) is 3.57. The highest BCUT2D eigenvalue weighted by molar-refractivity contribution is 6.04. The van der Waals surface area contributed by atoms with Crippen molar-refractivity contribution in [3.05, 3.63) is 42.2 Å². The molecule has 3 rings (SSSR count). The number of anilines is 1. The average Bonchev–Trinajstić information content (AvgIpc) is 3.17. The number of carbonyl (C=O) groups excluding carboxylic acids is 3. The summed E-state index contributed by atoms with van der Waals surface area (Å²) in [6.07, 6.45) is 1.57. The summed E-state index contributed by atoms with van der Waals surface area (Å²) in [6.45, 7) is 0.215. The van der Waals surface area contributed by atoms with E-state index in [-0.39, 0.29) is 37.1 Å². The molecule has 1 atom stereocenters. The lowest BCUT2D eigenvalue weighted by atomic mass is 10.1. The quantitative estimate of drug-likeness (QED) is 0.672. The molecule has 124 valence electrons. The molecule has 0 spiro atoms. The molecule has 9 heteroatoms. The molecule has 1 aromatic heterocycles. The molecule has 3 N–H and O–H groups in total. The van der Waals surface area contributed by atoms with Crippen molar-refractivity contribution >= 4 is 23.8 Å². The van der Waals surface area contributed by atoms with Crippen molar-refractivity contribution in [2.75, 3.05) is 5.32 Å². The summed E-state index contributed by atoms with van der Waals surface area (Å²) in [5.41, 5.74) is 0.865. The molecule has 9 nitrogen and oxygen atoms in total. The number of H-pyrrole nitrogens is 1. The Morgan fingerprint density at radius 3 is 2.75 bits per heavy atom. The third-order valence-corrected chi connectivity index (χ3v) is 3.62. The predicted octanol–water partition coefficient (Wildman–Crippen LogP) is 0.644. The summed E-state index contributed by atoms with van der Waals surface area (Å²) in [6, 6.07) is 8.12. The minimum Gasteiger partial charge on any atom is -0.326 e. The number of imide groups is 1. The van der Waals surface area contributed by atoms with Crippen molar-refractivity contribution in [2.24, 2.45) is 0 Å². The number of benzene rings is 1. The van der Waals surface area contributed by atoms with Crippen molar-refractivity contribution in [2.45, 2.75) is 25.4 Å². The fourth-order valence-corrected chi connectivity index (χ4v) is 2.42. The number of hydrogen-bond donors (Lipinski definition) is 3.